The van der Waals surface area contributed by atoms with E-state index in [1.165, 1.54) is 0 Å². The number of hydrogen-bond donors (Lipinski definition) is 3. The second-order valence-corrected chi connectivity index (χ2v) is 9.16. The number of aryl methyl sites for hydroxylation is 2. The quantitative estimate of drug-likeness (QED) is 0.472. The van der Waals surface area contributed by atoms with Gasteiger partial charge in [0.2, 0.25) is 5.91 Å². The minimum atomic E-state index is -0.603. The van der Waals surface area contributed by atoms with E-state index < -0.39 is 11.7 Å². The van der Waals surface area contributed by atoms with Crippen LogP contribution in [0.1, 0.15) is 54.5 Å². The van der Waals surface area contributed by atoms with E-state index in [4.69, 9.17) is 4.74 Å². The van der Waals surface area contributed by atoms with Crippen molar-refractivity contribution in [2.45, 2.75) is 53.2 Å². The maximum absolute atomic E-state index is 12.8. The van der Waals surface area contributed by atoms with Crippen molar-refractivity contribution in [1.82, 2.24) is 20.6 Å². The lowest BCUT2D eigenvalue weighted by Gasteiger charge is -2.19. The molecule has 2 aromatic carbocycles. The molecule has 184 valence electrons. The summed E-state index contributed by atoms with van der Waals surface area (Å²) >= 11 is 0. The van der Waals surface area contributed by atoms with Gasteiger partial charge in [0.15, 0.2) is 0 Å². The number of benzene rings is 2. The first-order valence-electron chi connectivity index (χ1n) is 11.4. The Balaban J connectivity index is 1.57. The zero-order valence-corrected chi connectivity index (χ0v) is 20.7. The molecule has 0 aliphatic carbocycles. The SMILES string of the molecule is Cc1nc2ccc(C(=O)NCc3ccccc3NC(=O)CCNC(=O)OC(C)(C)C)cc2nc1C. The highest BCUT2D eigenvalue weighted by atomic mass is 16.6. The number of rotatable bonds is 7. The summed E-state index contributed by atoms with van der Waals surface area (Å²) < 4.78 is 5.15. The average molecular weight is 478 g/mol. The Morgan fingerprint density at radius 3 is 2.31 bits per heavy atom. The van der Waals surface area contributed by atoms with Gasteiger partial charge < -0.3 is 20.7 Å². The highest BCUT2D eigenvalue weighted by Gasteiger charge is 2.16. The van der Waals surface area contributed by atoms with Gasteiger partial charge in [-0.15, -0.1) is 0 Å². The predicted octanol–water partition coefficient (Wildman–Crippen LogP) is 4.03. The summed E-state index contributed by atoms with van der Waals surface area (Å²) in [6.07, 6.45) is -0.491. The van der Waals surface area contributed by atoms with E-state index in [1.807, 2.05) is 26.0 Å². The number of nitrogens with one attached hydrogen (secondary N) is 3. The number of ether oxygens (including phenoxy) is 1. The molecule has 3 rings (SSSR count). The molecule has 0 atom stereocenters. The molecule has 1 heterocycles. The number of carbonyl (C=O) groups is 3. The van der Waals surface area contributed by atoms with Gasteiger partial charge >= 0.3 is 6.09 Å². The van der Waals surface area contributed by atoms with Crippen LogP contribution in [0.2, 0.25) is 0 Å². The van der Waals surface area contributed by atoms with Gasteiger partial charge in [0, 0.05) is 30.8 Å². The van der Waals surface area contributed by atoms with Gasteiger partial charge in [-0.1, -0.05) is 18.2 Å². The summed E-state index contributed by atoms with van der Waals surface area (Å²) in [6.45, 7) is 9.45. The van der Waals surface area contributed by atoms with E-state index in [2.05, 4.69) is 25.9 Å². The van der Waals surface area contributed by atoms with Crippen molar-refractivity contribution in [3.63, 3.8) is 0 Å². The van der Waals surface area contributed by atoms with Crippen LogP contribution in [0.4, 0.5) is 10.5 Å². The summed E-state index contributed by atoms with van der Waals surface area (Å²) in [5.41, 5.74) is 4.28. The molecule has 1 aromatic heterocycles. The third kappa shape index (κ3) is 7.49. The smallest absolute Gasteiger partial charge is 0.407 e. The van der Waals surface area contributed by atoms with Crippen molar-refractivity contribution >= 4 is 34.6 Å². The Morgan fingerprint density at radius 2 is 1.60 bits per heavy atom. The van der Waals surface area contributed by atoms with Gasteiger partial charge in [0.25, 0.3) is 5.91 Å². The largest absolute Gasteiger partial charge is 0.444 e. The number of para-hydroxylation sites is 1. The second-order valence-electron chi connectivity index (χ2n) is 9.16. The Morgan fingerprint density at radius 1 is 0.914 bits per heavy atom. The molecule has 0 unspecified atom stereocenters. The molecule has 0 saturated carbocycles. The Hall–Kier alpha value is -4.01. The average Bonchev–Trinajstić information content (AvgIpc) is 2.77. The van der Waals surface area contributed by atoms with Crippen molar-refractivity contribution < 1.29 is 19.1 Å². The van der Waals surface area contributed by atoms with E-state index in [0.717, 1.165) is 22.5 Å². The zero-order chi connectivity index (χ0) is 25.6. The van der Waals surface area contributed by atoms with Gasteiger partial charge in [-0.25, -0.2) is 14.8 Å². The van der Waals surface area contributed by atoms with Crippen LogP contribution in [-0.4, -0.2) is 40.0 Å². The van der Waals surface area contributed by atoms with E-state index in [0.29, 0.717) is 16.8 Å². The lowest BCUT2D eigenvalue weighted by atomic mass is 10.1. The summed E-state index contributed by atoms with van der Waals surface area (Å²) in [5, 5.41) is 8.28. The third-order valence-corrected chi connectivity index (χ3v) is 5.09. The molecule has 3 aromatic rings. The molecule has 0 aliphatic rings. The summed E-state index contributed by atoms with van der Waals surface area (Å²) in [7, 11) is 0. The number of amides is 3. The Labute approximate surface area is 204 Å². The lowest BCUT2D eigenvalue weighted by Crippen LogP contribution is -2.34. The minimum absolute atomic E-state index is 0.0803. The maximum Gasteiger partial charge on any atom is 0.407 e. The number of nitrogens with zero attached hydrogens (tertiary/aromatic N) is 2. The molecule has 3 amide bonds. The van der Waals surface area contributed by atoms with E-state index >= 15 is 0 Å². The first kappa shape index (κ1) is 25.6. The Kier molecular flexibility index (Phi) is 8.01. The minimum Gasteiger partial charge on any atom is -0.444 e. The van der Waals surface area contributed by atoms with Gasteiger partial charge in [-0.05, 0) is 64.4 Å². The molecular weight excluding hydrogens is 446 g/mol. The predicted molar refractivity (Wildman–Crippen MR) is 134 cm³/mol. The topological polar surface area (TPSA) is 122 Å². The highest BCUT2D eigenvalue weighted by Crippen LogP contribution is 2.17. The number of carbonyl (C=O) groups excluding carboxylic acids is 3. The van der Waals surface area contributed by atoms with Crippen LogP contribution >= 0.6 is 0 Å². The fraction of sp³-hybridized carbons (Fsp3) is 0.346. The summed E-state index contributed by atoms with van der Waals surface area (Å²) in [6, 6.07) is 12.4. The van der Waals surface area contributed by atoms with Crippen molar-refractivity contribution in [2.75, 3.05) is 11.9 Å². The van der Waals surface area contributed by atoms with E-state index in [-0.39, 0.29) is 31.3 Å². The number of fused-ring (bicyclic) bond motifs is 1. The molecule has 35 heavy (non-hydrogen) atoms. The van der Waals surface area contributed by atoms with Gasteiger partial charge in [-0.2, -0.15) is 0 Å². The van der Waals surface area contributed by atoms with Crippen LogP contribution in [-0.2, 0) is 16.1 Å². The normalized spacial score (nSPS) is 11.1. The van der Waals surface area contributed by atoms with Gasteiger partial charge in [0.05, 0.1) is 22.4 Å². The van der Waals surface area contributed by atoms with Crippen LogP contribution < -0.4 is 16.0 Å². The lowest BCUT2D eigenvalue weighted by molar-refractivity contribution is -0.116. The summed E-state index contributed by atoms with van der Waals surface area (Å²) in [5.74, 6) is -0.520. The van der Waals surface area contributed by atoms with Crippen molar-refractivity contribution in [3.05, 3.63) is 65.0 Å². The molecule has 0 saturated heterocycles. The van der Waals surface area contributed by atoms with E-state index in [9.17, 15) is 14.4 Å². The monoisotopic (exact) mass is 477 g/mol. The third-order valence-electron chi connectivity index (χ3n) is 5.09. The fourth-order valence-electron chi connectivity index (χ4n) is 3.25. The molecule has 9 heteroatoms. The molecule has 0 aliphatic heterocycles. The molecule has 3 N–H and O–H groups in total. The standard InChI is InChI=1S/C26H31N5O4/c1-16-17(2)30-22-14-18(10-11-21(22)29-16)24(33)28-15-19-8-6-7-9-20(19)31-23(32)12-13-27-25(34)35-26(3,4)5/h6-11,14H,12-13,15H2,1-5H3,(H,27,34)(H,28,33)(H,31,32). The van der Waals surface area contributed by atoms with Gasteiger partial charge in [0.1, 0.15) is 5.60 Å². The zero-order valence-electron chi connectivity index (χ0n) is 20.7. The molecule has 0 bridgehead atoms. The van der Waals surface area contributed by atoms with Gasteiger partial charge in [-0.3, -0.25) is 9.59 Å². The maximum atomic E-state index is 12.8. The van der Waals surface area contributed by atoms with Crippen LogP contribution in [0, 0.1) is 13.8 Å². The fourth-order valence-corrected chi connectivity index (χ4v) is 3.25. The van der Waals surface area contributed by atoms with Crippen molar-refractivity contribution in [1.29, 1.82) is 0 Å². The van der Waals surface area contributed by atoms with Crippen LogP contribution in [0.5, 0.6) is 0 Å². The van der Waals surface area contributed by atoms with Crippen LogP contribution in [0.25, 0.3) is 11.0 Å². The van der Waals surface area contributed by atoms with Crippen molar-refractivity contribution in [2.24, 2.45) is 0 Å². The van der Waals surface area contributed by atoms with E-state index in [1.54, 1.807) is 51.1 Å². The van der Waals surface area contributed by atoms with Crippen LogP contribution in [0.15, 0.2) is 42.5 Å². The summed E-state index contributed by atoms with van der Waals surface area (Å²) in [4.78, 5) is 45.8. The number of hydrogen-bond acceptors (Lipinski definition) is 6. The molecule has 0 spiro atoms. The number of anilines is 1. The molecule has 9 nitrogen and oxygen atoms in total. The second kappa shape index (κ2) is 10.9. The van der Waals surface area contributed by atoms with Crippen molar-refractivity contribution in [3.8, 4) is 0 Å². The molecule has 0 fully saturated rings. The number of aromatic nitrogens is 2. The highest BCUT2D eigenvalue weighted by molar-refractivity contribution is 5.97. The van der Waals surface area contributed by atoms with Crippen LogP contribution in [0.3, 0.4) is 0 Å². The first-order chi connectivity index (χ1) is 16.5. The Bertz CT molecular complexity index is 1250. The number of alkyl carbamates (subject to hydrolysis) is 1. The molecular formula is C26H31N5O4. The first-order valence-corrected chi connectivity index (χ1v) is 11.4. The molecule has 0 radical (unpaired) electrons.